The Kier molecular flexibility index (Phi) is 59.9. The maximum absolute atomic E-state index is 12.9. The first-order valence-electron chi connectivity index (χ1n) is 31.3. The summed E-state index contributed by atoms with van der Waals surface area (Å²) in [6, 6.07) is 0. The molecule has 6 nitrogen and oxygen atoms in total. The molecule has 0 radical (unpaired) electrons. The molecule has 0 amide bonds. The molecule has 434 valence electrons. The lowest BCUT2D eigenvalue weighted by molar-refractivity contribution is -0.167. The highest BCUT2D eigenvalue weighted by Gasteiger charge is 2.19. The third-order valence-electron chi connectivity index (χ3n) is 12.8. The van der Waals surface area contributed by atoms with Gasteiger partial charge in [-0.2, -0.15) is 0 Å². The van der Waals surface area contributed by atoms with E-state index in [1.807, 2.05) is 0 Å². The first-order valence-corrected chi connectivity index (χ1v) is 31.3. The van der Waals surface area contributed by atoms with E-state index in [4.69, 9.17) is 14.2 Å². The zero-order valence-corrected chi connectivity index (χ0v) is 49.7. The highest BCUT2D eigenvalue weighted by Crippen LogP contribution is 2.15. The third-order valence-corrected chi connectivity index (χ3v) is 12.8. The molecule has 0 fully saturated rings. The van der Waals surface area contributed by atoms with Crippen LogP contribution >= 0.6 is 0 Å². The van der Waals surface area contributed by atoms with Gasteiger partial charge in [-0.25, -0.2) is 0 Å². The highest BCUT2D eigenvalue weighted by molar-refractivity contribution is 5.71. The normalized spacial score (nSPS) is 13.1. The Hall–Kier alpha value is -4.71. The van der Waals surface area contributed by atoms with E-state index in [0.717, 1.165) is 141 Å². The SMILES string of the molecule is CC/C=C\C/C=C\C/C=C\C/C=C\C/C=C\C/C=C\CCCCCCCCC(=O)OCC(COC(=O)CCCCCCCCCCCCCCC)OC(=O)CCCC/C=C\C/C=C\C/C=C\C/C=C\C/C=C\C/C=C\CC. The molecular formula is C71H114O6. The van der Waals surface area contributed by atoms with Gasteiger partial charge < -0.3 is 14.2 Å². The number of carbonyl (C=O) groups excluding carboxylic acids is 3. The minimum absolute atomic E-state index is 0.104. The first-order chi connectivity index (χ1) is 38.0. The van der Waals surface area contributed by atoms with E-state index in [2.05, 4.69) is 167 Å². The number of hydrogen-bond donors (Lipinski definition) is 0. The van der Waals surface area contributed by atoms with Crippen LogP contribution < -0.4 is 0 Å². The van der Waals surface area contributed by atoms with Crippen LogP contribution in [0.3, 0.4) is 0 Å². The minimum Gasteiger partial charge on any atom is -0.462 e. The first kappa shape index (κ1) is 72.3. The van der Waals surface area contributed by atoms with Crippen molar-refractivity contribution in [2.45, 2.75) is 271 Å². The maximum Gasteiger partial charge on any atom is 0.306 e. The van der Waals surface area contributed by atoms with Gasteiger partial charge in [0.2, 0.25) is 0 Å². The van der Waals surface area contributed by atoms with E-state index < -0.39 is 6.10 Å². The predicted octanol–water partition coefficient (Wildman–Crippen LogP) is 21.5. The van der Waals surface area contributed by atoms with Crippen molar-refractivity contribution in [3.63, 3.8) is 0 Å². The molecule has 0 spiro atoms. The largest absolute Gasteiger partial charge is 0.462 e. The van der Waals surface area contributed by atoms with Crippen LogP contribution in [0.4, 0.5) is 0 Å². The van der Waals surface area contributed by atoms with Crippen LogP contribution in [0.5, 0.6) is 0 Å². The molecule has 1 unspecified atom stereocenters. The molecular weight excluding hydrogens is 949 g/mol. The van der Waals surface area contributed by atoms with Gasteiger partial charge in [0, 0.05) is 19.3 Å². The van der Waals surface area contributed by atoms with Crippen LogP contribution in [0.15, 0.2) is 146 Å². The molecule has 0 aromatic carbocycles. The van der Waals surface area contributed by atoms with Gasteiger partial charge in [-0.1, -0.05) is 269 Å². The number of carbonyl (C=O) groups is 3. The Bertz CT molecular complexity index is 1700. The molecule has 0 aromatic rings. The molecule has 0 bridgehead atoms. The second kappa shape index (κ2) is 63.8. The summed E-state index contributed by atoms with van der Waals surface area (Å²) in [7, 11) is 0. The quantitative estimate of drug-likeness (QED) is 0.0261. The zero-order chi connectivity index (χ0) is 55.7. The van der Waals surface area contributed by atoms with Crippen molar-refractivity contribution in [2.24, 2.45) is 0 Å². The van der Waals surface area contributed by atoms with Gasteiger partial charge in [-0.05, 0) is 122 Å². The predicted molar refractivity (Wildman–Crippen MR) is 334 cm³/mol. The Morgan fingerprint density at radius 2 is 0.506 bits per heavy atom. The third kappa shape index (κ3) is 62.0. The van der Waals surface area contributed by atoms with Gasteiger partial charge in [-0.3, -0.25) is 14.4 Å². The second-order valence-electron chi connectivity index (χ2n) is 20.2. The number of esters is 3. The molecule has 0 heterocycles. The molecule has 0 aliphatic carbocycles. The van der Waals surface area contributed by atoms with Crippen molar-refractivity contribution in [1.29, 1.82) is 0 Å². The van der Waals surface area contributed by atoms with Crippen LogP contribution in [0.25, 0.3) is 0 Å². The summed E-state index contributed by atoms with van der Waals surface area (Å²) < 4.78 is 16.9. The topological polar surface area (TPSA) is 78.9 Å². The smallest absolute Gasteiger partial charge is 0.306 e. The lowest BCUT2D eigenvalue weighted by Gasteiger charge is -2.18. The number of unbranched alkanes of at least 4 members (excludes halogenated alkanes) is 20. The van der Waals surface area contributed by atoms with Gasteiger partial charge in [0.25, 0.3) is 0 Å². The van der Waals surface area contributed by atoms with Crippen molar-refractivity contribution < 1.29 is 28.6 Å². The van der Waals surface area contributed by atoms with Crippen molar-refractivity contribution >= 4 is 17.9 Å². The van der Waals surface area contributed by atoms with Crippen LogP contribution in [0.1, 0.15) is 265 Å². The fraction of sp³-hybridized carbons (Fsp3) is 0.620. The molecule has 0 aliphatic heterocycles. The van der Waals surface area contributed by atoms with E-state index in [9.17, 15) is 14.4 Å². The van der Waals surface area contributed by atoms with E-state index in [-0.39, 0.29) is 37.5 Å². The molecule has 0 aliphatic rings. The molecule has 0 N–H and O–H groups in total. The van der Waals surface area contributed by atoms with E-state index in [1.54, 1.807) is 0 Å². The summed E-state index contributed by atoms with van der Waals surface area (Å²) in [5.74, 6) is -0.963. The number of rotatable bonds is 55. The molecule has 0 saturated heterocycles. The minimum atomic E-state index is -0.813. The maximum atomic E-state index is 12.9. The fourth-order valence-corrected chi connectivity index (χ4v) is 8.21. The van der Waals surface area contributed by atoms with Crippen molar-refractivity contribution in [3.05, 3.63) is 146 Å². The van der Waals surface area contributed by atoms with Gasteiger partial charge in [0.05, 0.1) is 0 Å². The number of allylic oxidation sites excluding steroid dienone is 24. The molecule has 77 heavy (non-hydrogen) atoms. The summed E-state index contributed by atoms with van der Waals surface area (Å²) in [6.07, 6.45) is 91.3. The van der Waals surface area contributed by atoms with Crippen LogP contribution in [0.2, 0.25) is 0 Å². The molecule has 0 aromatic heterocycles. The lowest BCUT2D eigenvalue weighted by atomic mass is 10.0. The summed E-state index contributed by atoms with van der Waals surface area (Å²) in [5.41, 5.74) is 0. The van der Waals surface area contributed by atoms with Gasteiger partial charge in [0.1, 0.15) is 13.2 Å². The van der Waals surface area contributed by atoms with Crippen LogP contribution in [0, 0.1) is 0 Å². The van der Waals surface area contributed by atoms with Gasteiger partial charge in [0.15, 0.2) is 6.10 Å². The Labute approximate surface area is 474 Å². The Morgan fingerprint density at radius 1 is 0.273 bits per heavy atom. The summed E-state index contributed by atoms with van der Waals surface area (Å²) in [6.45, 7) is 6.36. The molecule has 0 rings (SSSR count). The monoisotopic (exact) mass is 1060 g/mol. The standard InChI is InChI=1S/C71H114O6/c1-4-7-10-13-16-19-22-25-27-29-31-33-34-35-36-38-39-41-43-46-49-52-55-58-61-64-70(73)76-67-68(66-75-69(72)63-60-57-54-51-48-45-24-21-18-15-12-9-6-3)77-71(74)65-62-59-56-53-50-47-44-42-40-37-32-30-28-26-23-20-17-14-11-8-5-2/h7-8,10-11,16-17,19-20,25-28,31-33,35-37,39,41-42,44,50,53,68H,4-6,9,12-15,18,21-24,29-30,34,38,40,43,45-49,51-52,54-67H2,1-3H3/b10-7-,11-8-,19-16-,20-17-,27-25-,28-26-,33-31-,36-35-,37-32-,41-39-,44-42-,53-50-. The number of hydrogen-bond acceptors (Lipinski definition) is 6. The molecule has 0 saturated carbocycles. The number of ether oxygens (including phenoxy) is 3. The van der Waals surface area contributed by atoms with Crippen molar-refractivity contribution in [3.8, 4) is 0 Å². The van der Waals surface area contributed by atoms with Gasteiger partial charge in [-0.15, -0.1) is 0 Å². The van der Waals surface area contributed by atoms with Crippen molar-refractivity contribution in [1.82, 2.24) is 0 Å². The average Bonchev–Trinajstić information content (AvgIpc) is 3.43. The Balaban J connectivity index is 4.47. The van der Waals surface area contributed by atoms with E-state index in [1.165, 1.54) is 77.0 Å². The molecule has 1 atom stereocenters. The average molecular weight is 1060 g/mol. The van der Waals surface area contributed by atoms with Crippen LogP contribution in [-0.2, 0) is 28.6 Å². The fourth-order valence-electron chi connectivity index (χ4n) is 8.21. The highest BCUT2D eigenvalue weighted by atomic mass is 16.6. The van der Waals surface area contributed by atoms with Crippen LogP contribution in [-0.4, -0.2) is 37.2 Å². The summed E-state index contributed by atoms with van der Waals surface area (Å²) >= 11 is 0. The second-order valence-corrected chi connectivity index (χ2v) is 20.2. The van der Waals surface area contributed by atoms with Gasteiger partial charge >= 0.3 is 17.9 Å². The lowest BCUT2D eigenvalue weighted by Crippen LogP contribution is -2.30. The van der Waals surface area contributed by atoms with E-state index in [0.29, 0.717) is 19.3 Å². The molecule has 6 heteroatoms. The van der Waals surface area contributed by atoms with E-state index >= 15 is 0 Å². The van der Waals surface area contributed by atoms with Crippen molar-refractivity contribution in [2.75, 3.05) is 13.2 Å². The zero-order valence-electron chi connectivity index (χ0n) is 49.7. The Morgan fingerprint density at radius 3 is 0.818 bits per heavy atom. The summed E-state index contributed by atoms with van der Waals surface area (Å²) in [4.78, 5) is 38.3. The summed E-state index contributed by atoms with van der Waals surface area (Å²) in [5, 5.41) is 0.